The van der Waals surface area contributed by atoms with Gasteiger partial charge in [0.2, 0.25) is 0 Å². The summed E-state index contributed by atoms with van der Waals surface area (Å²) in [6, 6.07) is 7.88. The van der Waals surface area contributed by atoms with Gasteiger partial charge < -0.3 is 10.1 Å². The van der Waals surface area contributed by atoms with Gasteiger partial charge in [-0.25, -0.2) is 0 Å². The van der Waals surface area contributed by atoms with Crippen molar-refractivity contribution in [1.29, 1.82) is 0 Å². The third-order valence-electron chi connectivity index (χ3n) is 2.00. The van der Waals surface area contributed by atoms with Crippen molar-refractivity contribution in [2.75, 3.05) is 19.7 Å². The van der Waals surface area contributed by atoms with E-state index in [9.17, 15) is 0 Å². The van der Waals surface area contributed by atoms with E-state index in [1.807, 2.05) is 24.3 Å². The Bertz CT molecular complexity index is 346. The second-order valence-corrected chi connectivity index (χ2v) is 4.71. The first-order chi connectivity index (χ1) is 7.68. The van der Waals surface area contributed by atoms with Gasteiger partial charge in [0.15, 0.2) is 0 Å². The molecular formula is C13H18BrNO. The molecule has 1 rings (SSSR count). The monoisotopic (exact) mass is 283 g/mol. The van der Waals surface area contributed by atoms with Gasteiger partial charge in [-0.15, -0.1) is 0 Å². The minimum absolute atomic E-state index is 0.688. The smallest absolute Gasteiger partial charge is 0.120 e. The molecule has 0 radical (unpaired) electrons. The highest BCUT2D eigenvalue weighted by atomic mass is 79.9. The highest BCUT2D eigenvalue weighted by Crippen LogP contribution is 2.17. The van der Waals surface area contributed by atoms with E-state index in [-0.39, 0.29) is 0 Å². The quantitative estimate of drug-likeness (QED) is 0.638. The van der Waals surface area contributed by atoms with Crippen LogP contribution in [0.5, 0.6) is 5.75 Å². The van der Waals surface area contributed by atoms with E-state index < -0.39 is 0 Å². The molecule has 0 saturated heterocycles. The standard InChI is InChI=1S/C13H18BrNO/c1-11(2)6-7-15-8-9-16-13-5-3-4-12(14)10-13/h3-6,10,15H,7-9H2,1-2H3. The largest absolute Gasteiger partial charge is 0.492 e. The van der Waals surface area contributed by atoms with Crippen molar-refractivity contribution in [1.82, 2.24) is 5.32 Å². The first-order valence-electron chi connectivity index (χ1n) is 5.41. The molecule has 0 atom stereocenters. The molecule has 88 valence electrons. The van der Waals surface area contributed by atoms with Gasteiger partial charge in [0, 0.05) is 17.6 Å². The molecule has 0 aliphatic carbocycles. The van der Waals surface area contributed by atoms with Gasteiger partial charge in [0.25, 0.3) is 0 Å². The summed E-state index contributed by atoms with van der Waals surface area (Å²) in [6.07, 6.45) is 2.17. The van der Waals surface area contributed by atoms with Gasteiger partial charge >= 0.3 is 0 Å². The molecule has 2 nitrogen and oxygen atoms in total. The molecule has 0 bridgehead atoms. The zero-order valence-electron chi connectivity index (χ0n) is 9.79. The molecule has 1 N–H and O–H groups in total. The molecule has 0 fully saturated rings. The Balaban J connectivity index is 2.14. The second-order valence-electron chi connectivity index (χ2n) is 3.79. The summed E-state index contributed by atoms with van der Waals surface area (Å²) in [4.78, 5) is 0. The molecule has 0 spiro atoms. The van der Waals surface area contributed by atoms with E-state index in [4.69, 9.17) is 4.74 Å². The van der Waals surface area contributed by atoms with Crippen LogP contribution >= 0.6 is 15.9 Å². The van der Waals surface area contributed by atoms with Gasteiger partial charge in [0.1, 0.15) is 12.4 Å². The average Bonchev–Trinajstić information content (AvgIpc) is 2.23. The summed E-state index contributed by atoms with van der Waals surface area (Å²) < 4.78 is 6.62. The maximum absolute atomic E-state index is 5.58. The predicted molar refractivity (Wildman–Crippen MR) is 71.9 cm³/mol. The van der Waals surface area contributed by atoms with E-state index in [1.165, 1.54) is 5.57 Å². The fraction of sp³-hybridized carbons (Fsp3) is 0.385. The Kier molecular flexibility index (Phi) is 6.19. The van der Waals surface area contributed by atoms with Crippen molar-refractivity contribution >= 4 is 15.9 Å². The van der Waals surface area contributed by atoms with Gasteiger partial charge in [-0.05, 0) is 32.0 Å². The molecule has 3 heteroatoms. The molecule has 1 aromatic rings. The first kappa shape index (κ1) is 13.3. The average molecular weight is 284 g/mol. The molecule has 1 aromatic carbocycles. The van der Waals surface area contributed by atoms with Gasteiger partial charge in [-0.2, -0.15) is 0 Å². The number of benzene rings is 1. The number of hydrogen-bond donors (Lipinski definition) is 1. The molecule has 0 unspecified atom stereocenters. The third kappa shape index (κ3) is 5.93. The lowest BCUT2D eigenvalue weighted by molar-refractivity contribution is 0.316. The molecule has 0 heterocycles. The van der Waals surface area contributed by atoms with Gasteiger partial charge in [-0.1, -0.05) is 33.6 Å². The second kappa shape index (κ2) is 7.47. The van der Waals surface area contributed by atoms with Crippen LogP contribution in [-0.4, -0.2) is 19.7 Å². The van der Waals surface area contributed by atoms with Crippen LogP contribution in [0.2, 0.25) is 0 Å². The topological polar surface area (TPSA) is 21.3 Å². The van der Waals surface area contributed by atoms with E-state index >= 15 is 0 Å². The van der Waals surface area contributed by atoms with Crippen LogP contribution in [0.4, 0.5) is 0 Å². The fourth-order valence-corrected chi connectivity index (χ4v) is 1.55. The zero-order valence-corrected chi connectivity index (χ0v) is 11.4. The minimum atomic E-state index is 0.688. The molecule has 0 aliphatic heterocycles. The first-order valence-corrected chi connectivity index (χ1v) is 6.20. The van der Waals surface area contributed by atoms with Crippen LogP contribution in [0, 0.1) is 0 Å². The van der Waals surface area contributed by atoms with Crippen LogP contribution in [0.1, 0.15) is 13.8 Å². The Morgan fingerprint density at radius 1 is 1.44 bits per heavy atom. The zero-order chi connectivity index (χ0) is 11.8. The summed E-state index contributed by atoms with van der Waals surface area (Å²) in [5.74, 6) is 0.901. The van der Waals surface area contributed by atoms with Crippen molar-refractivity contribution in [3.8, 4) is 5.75 Å². The lowest BCUT2D eigenvalue weighted by atomic mass is 10.3. The summed E-state index contributed by atoms with van der Waals surface area (Å²) in [5, 5.41) is 3.29. The van der Waals surface area contributed by atoms with Crippen LogP contribution in [-0.2, 0) is 0 Å². The minimum Gasteiger partial charge on any atom is -0.492 e. The Morgan fingerprint density at radius 3 is 2.94 bits per heavy atom. The maximum atomic E-state index is 5.58. The fourth-order valence-electron chi connectivity index (χ4n) is 1.18. The van der Waals surface area contributed by atoms with Crippen molar-refractivity contribution in [2.24, 2.45) is 0 Å². The molecule has 0 amide bonds. The van der Waals surface area contributed by atoms with Crippen LogP contribution in [0.15, 0.2) is 40.4 Å². The molecular weight excluding hydrogens is 266 g/mol. The van der Waals surface area contributed by atoms with Gasteiger partial charge in [-0.3, -0.25) is 0 Å². The molecule has 0 saturated carbocycles. The van der Waals surface area contributed by atoms with Crippen molar-refractivity contribution in [3.05, 3.63) is 40.4 Å². The highest BCUT2D eigenvalue weighted by molar-refractivity contribution is 9.10. The SMILES string of the molecule is CC(C)=CCNCCOc1cccc(Br)c1. The number of hydrogen-bond acceptors (Lipinski definition) is 2. The van der Waals surface area contributed by atoms with E-state index in [2.05, 4.69) is 41.2 Å². The number of allylic oxidation sites excluding steroid dienone is 1. The Labute approximate surface area is 106 Å². The van der Waals surface area contributed by atoms with Crippen LogP contribution in [0.25, 0.3) is 0 Å². The maximum Gasteiger partial charge on any atom is 0.120 e. The summed E-state index contributed by atoms with van der Waals surface area (Å²) in [6.45, 7) is 6.65. The van der Waals surface area contributed by atoms with Gasteiger partial charge in [0.05, 0.1) is 0 Å². The lowest BCUT2D eigenvalue weighted by Crippen LogP contribution is -2.21. The van der Waals surface area contributed by atoms with Crippen LogP contribution in [0.3, 0.4) is 0 Å². The lowest BCUT2D eigenvalue weighted by Gasteiger charge is -2.06. The van der Waals surface area contributed by atoms with Crippen molar-refractivity contribution < 1.29 is 4.74 Å². The molecule has 0 aromatic heterocycles. The molecule has 16 heavy (non-hydrogen) atoms. The van der Waals surface area contributed by atoms with E-state index in [0.29, 0.717) is 6.61 Å². The number of halogens is 1. The van der Waals surface area contributed by atoms with Crippen molar-refractivity contribution in [3.63, 3.8) is 0 Å². The van der Waals surface area contributed by atoms with E-state index in [1.54, 1.807) is 0 Å². The highest BCUT2D eigenvalue weighted by Gasteiger charge is 1.93. The molecule has 0 aliphatic rings. The summed E-state index contributed by atoms with van der Waals surface area (Å²) in [7, 11) is 0. The predicted octanol–water partition coefficient (Wildman–Crippen LogP) is 3.38. The van der Waals surface area contributed by atoms with Crippen LogP contribution < -0.4 is 10.1 Å². The van der Waals surface area contributed by atoms with Crippen molar-refractivity contribution in [2.45, 2.75) is 13.8 Å². The van der Waals surface area contributed by atoms with E-state index in [0.717, 1.165) is 23.3 Å². The Morgan fingerprint density at radius 2 is 2.25 bits per heavy atom. The normalized spacial score (nSPS) is 9.94. The third-order valence-corrected chi connectivity index (χ3v) is 2.49. The number of rotatable bonds is 6. The number of nitrogens with one attached hydrogen (secondary N) is 1. The number of ether oxygens (including phenoxy) is 1. The summed E-state index contributed by atoms with van der Waals surface area (Å²) in [5.41, 5.74) is 1.33. The summed E-state index contributed by atoms with van der Waals surface area (Å²) >= 11 is 3.41. The Hall–Kier alpha value is -0.800.